The van der Waals surface area contributed by atoms with Crippen LogP contribution in [0, 0.1) is 5.92 Å². The van der Waals surface area contributed by atoms with Gasteiger partial charge in [-0.2, -0.15) is 5.10 Å². The Hall–Kier alpha value is -1.85. The monoisotopic (exact) mass is 346 g/mol. The van der Waals surface area contributed by atoms with Gasteiger partial charge in [0.25, 0.3) is 5.91 Å². The third-order valence-corrected chi connectivity index (χ3v) is 4.42. The Morgan fingerprint density at radius 1 is 1.25 bits per heavy atom. The van der Waals surface area contributed by atoms with E-state index in [1.165, 1.54) is 0 Å². The molecule has 0 atom stereocenters. The summed E-state index contributed by atoms with van der Waals surface area (Å²) < 4.78 is 1.69. The zero-order chi connectivity index (χ0) is 17.1. The average Bonchev–Trinajstić information content (AvgIpc) is 3.04. The molecule has 5 nitrogen and oxygen atoms in total. The van der Waals surface area contributed by atoms with Gasteiger partial charge in [0.05, 0.1) is 17.4 Å². The number of halogens is 1. The van der Waals surface area contributed by atoms with Gasteiger partial charge >= 0.3 is 0 Å². The van der Waals surface area contributed by atoms with Crippen molar-refractivity contribution in [2.24, 2.45) is 5.92 Å². The molecule has 0 N–H and O–H groups in total. The van der Waals surface area contributed by atoms with Crippen molar-refractivity contribution < 1.29 is 4.79 Å². The van der Waals surface area contributed by atoms with Gasteiger partial charge in [-0.1, -0.05) is 31.5 Å². The van der Waals surface area contributed by atoms with Crippen LogP contribution in [-0.2, 0) is 0 Å². The maximum atomic E-state index is 12.7. The minimum absolute atomic E-state index is 0.0486. The number of hydrogen-bond donors (Lipinski definition) is 0. The van der Waals surface area contributed by atoms with Crippen molar-refractivity contribution in [2.45, 2.75) is 13.8 Å². The Morgan fingerprint density at radius 3 is 2.67 bits per heavy atom. The molecule has 0 unspecified atom stereocenters. The predicted octanol–water partition coefficient (Wildman–Crippen LogP) is 2.94. The molecule has 0 bridgehead atoms. The van der Waals surface area contributed by atoms with Crippen molar-refractivity contribution >= 4 is 17.5 Å². The summed E-state index contributed by atoms with van der Waals surface area (Å²) in [5.41, 5.74) is 1.47. The molecule has 128 valence electrons. The van der Waals surface area contributed by atoms with E-state index in [1.54, 1.807) is 17.1 Å². The Balaban J connectivity index is 1.64. The molecule has 2 heterocycles. The lowest BCUT2D eigenvalue weighted by atomic mass is 10.2. The molecule has 1 amide bonds. The highest BCUT2D eigenvalue weighted by Gasteiger charge is 2.23. The van der Waals surface area contributed by atoms with Gasteiger partial charge in [0.15, 0.2) is 0 Å². The first kappa shape index (κ1) is 17.0. The van der Waals surface area contributed by atoms with E-state index in [4.69, 9.17) is 11.6 Å². The lowest BCUT2D eigenvalue weighted by molar-refractivity contribution is 0.0624. The summed E-state index contributed by atoms with van der Waals surface area (Å²) in [7, 11) is 0. The molecule has 1 fully saturated rings. The van der Waals surface area contributed by atoms with Gasteiger partial charge in [-0.25, -0.2) is 4.68 Å². The minimum atomic E-state index is 0.0486. The van der Waals surface area contributed by atoms with E-state index in [-0.39, 0.29) is 5.91 Å². The Bertz CT molecular complexity index is 705. The first-order chi connectivity index (χ1) is 11.5. The molecule has 24 heavy (non-hydrogen) atoms. The highest BCUT2D eigenvalue weighted by Crippen LogP contribution is 2.16. The van der Waals surface area contributed by atoms with Crippen LogP contribution in [0.1, 0.15) is 24.2 Å². The van der Waals surface area contributed by atoms with E-state index in [1.807, 2.05) is 29.2 Å². The summed E-state index contributed by atoms with van der Waals surface area (Å²) in [4.78, 5) is 17.0. The molecule has 2 aromatic rings. The van der Waals surface area contributed by atoms with Gasteiger partial charge in [0.1, 0.15) is 0 Å². The largest absolute Gasteiger partial charge is 0.336 e. The standard InChI is InChI=1S/C18H23ClN4O/c1-14(2)12-21-6-8-22(9-7-21)18(24)15-11-20-23(13-15)17-5-3-4-16(19)10-17/h3-5,10-11,13-14H,6-9,12H2,1-2H3. The number of hydrogen-bond acceptors (Lipinski definition) is 3. The van der Waals surface area contributed by atoms with Crippen molar-refractivity contribution in [3.8, 4) is 5.69 Å². The third-order valence-electron chi connectivity index (χ3n) is 4.19. The topological polar surface area (TPSA) is 41.4 Å². The number of rotatable bonds is 4. The van der Waals surface area contributed by atoms with Gasteiger partial charge in [0, 0.05) is 43.9 Å². The van der Waals surface area contributed by atoms with Crippen molar-refractivity contribution in [1.29, 1.82) is 0 Å². The van der Waals surface area contributed by atoms with Crippen LogP contribution in [0.15, 0.2) is 36.7 Å². The molecular weight excluding hydrogens is 324 g/mol. The fraction of sp³-hybridized carbons (Fsp3) is 0.444. The number of nitrogens with zero attached hydrogens (tertiary/aromatic N) is 4. The minimum Gasteiger partial charge on any atom is -0.336 e. The van der Waals surface area contributed by atoms with Gasteiger partial charge in [-0.05, 0) is 24.1 Å². The quantitative estimate of drug-likeness (QED) is 0.854. The van der Waals surface area contributed by atoms with E-state index in [2.05, 4.69) is 23.8 Å². The lowest BCUT2D eigenvalue weighted by Crippen LogP contribution is -2.49. The van der Waals surface area contributed by atoms with Crippen molar-refractivity contribution in [1.82, 2.24) is 19.6 Å². The number of carbonyl (C=O) groups excluding carboxylic acids is 1. The van der Waals surface area contributed by atoms with Gasteiger partial charge in [-0.3, -0.25) is 9.69 Å². The van der Waals surface area contributed by atoms with Gasteiger partial charge in [0.2, 0.25) is 0 Å². The number of piperazine rings is 1. The van der Waals surface area contributed by atoms with Crippen LogP contribution < -0.4 is 0 Å². The smallest absolute Gasteiger partial charge is 0.257 e. The van der Waals surface area contributed by atoms with E-state index in [0.29, 0.717) is 16.5 Å². The van der Waals surface area contributed by atoms with Crippen LogP contribution >= 0.6 is 11.6 Å². The van der Waals surface area contributed by atoms with Crippen LogP contribution in [0.4, 0.5) is 0 Å². The molecule has 3 rings (SSSR count). The van der Waals surface area contributed by atoms with E-state index >= 15 is 0 Å². The summed E-state index contributed by atoms with van der Waals surface area (Å²) in [5.74, 6) is 0.704. The van der Waals surface area contributed by atoms with Crippen LogP contribution in [0.2, 0.25) is 5.02 Å². The highest BCUT2D eigenvalue weighted by atomic mass is 35.5. The average molecular weight is 347 g/mol. The van der Waals surface area contributed by atoms with Crippen LogP contribution in [0.3, 0.4) is 0 Å². The molecule has 6 heteroatoms. The second-order valence-corrected chi connectivity index (χ2v) is 7.08. The summed E-state index contributed by atoms with van der Waals surface area (Å²) in [5, 5.41) is 4.95. The molecule has 1 saturated heterocycles. The number of benzene rings is 1. The van der Waals surface area contributed by atoms with E-state index < -0.39 is 0 Å². The normalized spacial score (nSPS) is 15.9. The van der Waals surface area contributed by atoms with Crippen molar-refractivity contribution in [2.75, 3.05) is 32.7 Å². The van der Waals surface area contributed by atoms with Crippen molar-refractivity contribution in [3.05, 3.63) is 47.2 Å². The zero-order valence-electron chi connectivity index (χ0n) is 14.2. The van der Waals surface area contributed by atoms with Crippen LogP contribution in [0.25, 0.3) is 5.69 Å². The molecule has 0 radical (unpaired) electrons. The second-order valence-electron chi connectivity index (χ2n) is 6.64. The SMILES string of the molecule is CC(C)CN1CCN(C(=O)c2cnn(-c3cccc(Cl)c3)c2)CC1. The summed E-state index contributed by atoms with van der Waals surface area (Å²) in [6.45, 7) is 8.96. The Kier molecular flexibility index (Phi) is 5.21. The molecule has 1 aliphatic heterocycles. The van der Waals surface area contributed by atoms with Crippen molar-refractivity contribution in [3.63, 3.8) is 0 Å². The summed E-state index contributed by atoms with van der Waals surface area (Å²) >= 11 is 6.01. The van der Waals surface area contributed by atoms with Gasteiger partial charge < -0.3 is 4.90 Å². The first-order valence-corrected chi connectivity index (χ1v) is 8.73. The van der Waals surface area contributed by atoms with Crippen LogP contribution in [-0.4, -0.2) is 58.2 Å². The zero-order valence-corrected chi connectivity index (χ0v) is 14.9. The van der Waals surface area contributed by atoms with E-state index in [0.717, 1.165) is 38.4 Å². The fourth-order valence-corrected chi connectivity index (χ4v) is 3.21. The maximum Gasteiger partial charge on any atom is 0.257 e. The molecule has 1 aromatic carbocycles. The molecule has 1 aromatic heterocycles. The molecule has 0 saturated carbocycles. The van der Waals surface area contributed by atoms with Crippen LogP contribution in [0.5, 0.6) is 0 Å². The summed E-state index contributed by atoms with van der Waals surface area (Å²) in [6.07, 6.45) is 3.40. The predicted molar refractivity (Wildman–Crippen MR) is 95.8 cm³/mol. The molecule has 0 aliphatic carbocycles. The molecule has 0 spiro atoms. The highest BCUT2D eigenvalue weighted by molar-refractivity contribution is 6.30. The Morgan fingerprint density at radius 2 is 2.00 bits per heavy atom. The molecular formula is C18H23ClN4O. The first-order valence-electron chi connectivity index (χ1n) is 8.35. The maximum absolute atomic E-state index is 12.7. The second kappa shape index (κ2) is 7.36. The van der Waals surface area contributed by atoms with E-state index in [9.17, 15) is 4.79 Å². The number of carbonyl (C=O) groups is 1. The Labute approximate surface area is 147 Å². The van der Waals surface area contributed by atoms with Gasteiger partial charge in [-0.15, -0.1) is 0 Å². The fourth-order valence-electron chi connectivity index (χ4n) is 3.03. The third kappa shape index (κ3) is 3.97. The lowest BCUT2D eigenvalue weighted by Gasteiger charge is -2.35. The molecule has 1 aliphatic rings. The summed E-state index contributed by atoms with van der Waals surface area (Å²) in [6, 6.07) is 7.43. The number of amides is 1. The number of aromatic nitrogens is 2.